The number of ether oxygens (including phenoxy) is 1. The predicted octanol–water partition coefficient (Wildman–Crippen LogP) is 2.31. The van der Waals surface area contributed by atoms with Gasteiger partial charge in [-0.3, -0.25) is 4.79 Å². The molecule has 8 nitrogen and oxygen atoms in total. The van der Waals surface area contributed by atoms with Crippen LogP contribution in [0.3, 0.4) is 0 Å². The second-order valence-electron chi connectivity index (χ2n) is 6.24. The molecule has 3 N–H and O–H groups in total. The van der Waals surface area contributed by atoms with E-state index in [1.165, 1.54) is 31.2 Å². The molecule has 0 saturated carbocycles. The first-order chi connectivity index (χ1) is 13.7. The van der Waals surface area contributed by atoms with Crippen LogP contribution in [0.15, 0.2) is 78.0 Å². The Bertz CT molecular complexity index is 1110. The van der Waals surface area contributed by atoms with Gasteiger partial charge in [-0.1, -0.05) is 0 Å². The number of hydrogen-bond acceptors (Lipinski definition) is 5. The first kappa shape index (κ1) is 20.3. The van der Waals surface area contributed by atoms with Crippen LogP contribution in [0.4, 0.5) is 5.69 Å². The number of amides is 1. The van der Waals surface area contributed by atoms with Crippen molar-refractivity contribution in [3.8, 4) is 5.69 Å². The molecule has 1 atom stereocenters. The van der Waals surface area contributed by atoms with Gasteiger partial charge in [0.2, 0.25) is 10.0 Å². The molecule has 0 bridgehead atoms. The maximum Gasteiger partial charge on any atom is 0.338 e. The van der Waals surface area contributed by atoms with E-state index < -0.39 is 28.0 Å². The Labute approximate surface area is 168 Å². The molecule has 1 unspecified atom stereocenters. The minimum Gasteiger partial charge on any atom is -0.449 e. The summed E-state index contributed by atoms with van der Waals surface area (Å²) >= 11 is 0. The van der Waals surface area contributed by atoms with E-state index >= 15 is 0 Å². The van der Waals surface area contributed by atoms with Crippen molar-refractivity contribution in [3.63, 3.8) is 0 Å². The van der Waals surface area contributed by atoms with E-state index in [-0.39, 0.29) is 4.90 Å². The number of benzene rings is 2. The molecular weight excluding hydrogens is 394 g/mol. The molecule has 3 aromatic rings. The number of nitrogens with zero attached hydrogens (tertiary/aromatic N) is 1. The van der Waals surface area contributed by atoms with E-state index in [1.54, 1.807) is 24.3 Å². The van der Waals surface area contributed by atoms with E-state index in [9.17, 15) is 18.0 Å². The first-order valence-corrected chi connectivity index (χ1v) is 10.2. The number of rotatable bonds is 6. The average molecular weight is 413 g/mol. The number of primary sulfonamides is 1. The number of esters is 1. The summed E-state index contributed by atoms with van der Waals surface area (Å²) in [5.41, 5.74) is 1.56. The van der Waals surface area contributed by atoms with Crippen molar-refractivity contribution in [1.29, 1.82) is 0 Å². The number of hydrogen-bond donors (Lipinski definition) is 2. The SMILES string of the molecule is CC(OC(=O)c1ccc(-n2cccc2)cc1)C(=O)Nc1ccc(S(N)(=O)=O)cc1. The van der Waals surface area contributed by atoms with E-state index in [0.717, 1.165) is 5.69 Å². The lowest BCUT2D eigenvalue weighted by molar-refractivity contribution is -0.123. The Kier molecular flexibility index (Phi) is 5.81. The molecule has 1 heterocycles. The summed E-state index contributed by atoms with van der Waals surface area (Å²) in [5, 5.41) is 7.58. The summed E-state index contributed by atoms with van der Waals surface area (Å²) in [4.78, 5) is 24.4. The summed E-state index contributed by atoms with van der Waals surface area (Å²) in [6.45, 7) is 1.44. The highest BCUT2D eigenvalue weighted by molar-refractivity contribution is 7.89. The molecule has 0 aliphatic rings. The minimum atomic E-state index is -3.81. The standard InChI is InChI=1S/C20H19N3O5S/c1-14(19(24)22-16-6-10-18(11-7-16)29(21,26)27)28-20(25)15-4-8-17(9-5-15)23-12-2-3-13-23/h2-14H,1H3,(H,22,24)(H2,21,26,27). The van der Waals surface area contributed by atoms with E-state index in [0.29, 0.717) is 11.3 Å². The van der Waals surface area contributed by atoms with E-state index in [2.05, 4.69) is 5.32 Å². The average Bonchev–Trinajstić information content (AvgIpc) is 3.22. The van der Waals surface area contributed by atoms with Crippen molar-refractivity contribution < 1.29 is 22.7 Å². The maximum absolute atomic E-state index is 12.3. The van der Waals surface area contributed by atoms with Gasteiger partial charge in [-0.2, -0.15) is 0 Å². The molecular formula is C20H19N3O5S. The fraction of sp³-hybridized carbons (Fsp3) is 0.100. The van der Waals surface area contributed by atoms with Gasteiger partial charge in [-0.25, -0.2) is 18.4 Å². The number of nitrogens with two attached hydrogens (primary N) is 1. The normalized spacial score (nSPS) is 12.2. The van der Waals surface area contributed by atoms with Gasteiger partial charge in [0.1, 0.15) is 0 Å². The van der Waals surface area contributed by atoms with Crippen LogP contribution in [0.1, 0.15) is 17.3 Å². The molecule has 0 aliphatic carbocycles. The highest BCUT2D eigenvalue weighted by Crippen LogP contribution is 2.15. The Hall–Kier alpha value is -3.43. The first-order valence-electron chi connectivity index (χ1n) is 8.62. The molecule has 2 aromatic carbocycles. The lowest BCUT2D eigenvalue weighted by Crippen LogP contribution is -2.30. The third kappa shape index (κ3) is 5.09. The Balaban J connectivity index is 1.59. The van der Waals surface area contributed by atoms with E-state index in [4.69, 9.17) is 9.88 Å². The highest BCUT2D eigenvalue weighted by atomic mass is 32.2. The Morgan fingerprint density at radius 2 is 1.59 bits per heavy atom. The van der Waals surface area contributed by atoms with Crippen LogP contribution in [0.5, 0.6) is 0 Å². The number of anilines is 1. The zero-order valence-electron chi connectivity index (χ0n) is 15.5. The van der Waals surface area contributed by atoms with Gasteiger partial charge >= 0.3 is 5.97 Å². The molecule has 0 spiro atoms. The third-order valence-corrected chi connectivity index (χ3v) is 5.04. The summed E-state index contributed by atoms with van der Waals surface area (Å²) < 4.78 is 29.6. The van der Waals surface area contributed by atoms with Gasteiger partial charge < -0.3 is 14.6 Å². The van der Waals surface area contributed by atoms with Crippen molar-refractivity contribution in [1.82, 2.24) is 4.57 Å². The van der Waals surface area contributed by atoms with Crippen molar-refractivity contribution in [2.24, 2.45) is 5.14 Å². The van der Waals surface area contributed by atoms with E-state index in [1.807, 2.05) is 29.1 Å². The number of carbonyl (C=O) groups excluding carboxylic acids is 2. The van der Waals surface area contributed by atoms with Crippen LogP contribution in [0.25, 0.3) is 5.69 Å². The van der Waals surface area contributed by atoms with Gasteiger partial charge in [0.25, 0.3) is 5.91 Å². The molecule has 3 rings (SSSR count). The van der Waals surface area contributed by atoms with Gasteiger partial charge in [0.05, 0.1) is 10.5 Å². The summed E-state index contributed by atoms with van der Waals surface area (Å²) in [6.07, 6.45) is 2.72. The highest BCUT2D eigenvalue weighted by Gasteiger charge is 2.19. The fourth-order valence-electron chi connectivity index (χ4n) is 2.53. The topological polar surface area (TPSA) is 120 Å². The minimum absolute atomic E-state index is 0.0710. The number of nitrogens with one attached hydrogen (secondary N) is 1. The van der Waals surface area contributed by atoms with Crippen LogP contribution in [-0.2, 0) is 19.6 Å². The smallest absolute Gasteiger partial charge is 0.338 e. The zero-order chi connectivity index (χ0) is 21.0. The summed E-state index contributed by atoms with van der Waals surface area (Å²) in [6, 6.07) is 15.9. The van der Waals surface area contributed by atoms with Crippen LogP contribution < -0.4 is 10.5 Å². The van der Waals surface area contributed by atoms with Crippen LogP contribution >= 0.6 is 0 Å². The molecule has 0 fully saturated rings. The largest absolute Gasteiger partial charge is 0.449 e. The lowest BCUT2D eigenvalue weighted by Gasteiger charge is -2.14. The van der Waals surface area contributed by atoms with Gasteiger partial charge in [-0.05, 0) is 67.6 Å². The molecule has 9 heteroatoms. The summed E-state index contributed by atoms with van der Waals surface area (Å²) in [5.74, 6) is -1.18. The van der Waals surface area contributed by atoms with Crippen LogP contribution in [-0.4, -0.2) is 31.0 Å². The summed E-state index contributed by atoms with van der Waals surface area (Å²) in [7, 11) is -3.81. The molecule has 0 radical (unpaired) electrons. The van der Waals surface area contributed by atoms with Crippen molar-refractivity contribution >= 4 is 27.6 Å². The fourth-order valence-corrected chi connectivity index (χ4v) is 3.05. The second-order valence-corrected chi connectivity index (χ2v) is 7.80. The number of sulfonamides is 1. The van der Waals surface area contributed by atoms with Crippen molar-refractivity contribution in [2.75, 3.05) is 5.32 Å². The quantitative estimate of drug-likeness (QED) is 0.601. The molecule has 29 heavy (non-hydrogen) atoms. The third-order valence-electron chi connectivity index (χ3n) is 4.11. The lowest BCUT2D eigenvalue weighted by atomic mass is 10.2. The zero-order valence-corrected chi connectivity index (χ0v) is 16.3. The molecule has 0 aliphatic heterocycles. The Morgan fingerprint density at radius 1 is 1.00 bits per heavy atom. The molecule has 150 valence electrons. The van der Waals surface area contributed by atoms with Gasteiger partial charge in [0.15, 0.2) is 6.10 Å². The van der Waals surface area contributed by atoms with Crippen LogP contribution in [0.2, 0.25) is 0 Å². The Morgan fingerprint density at radius 3 is 2.14 bits per heavy atom. The predicted molar refractivity (Wildman–Crippen MR) is 107 cm³/mol. The number of carbonyl (C=O) groups is 2. The molecule has 1 aromatic heterocycles. The van der Waals surface area contributed by atoms with Crippen molar-refractivity contribution in [3.05, 3.63) is 78.6 Å². The van der Waals surface area contributed by atoms with Gasteiger partial charge in [-0.15, -0.1) is 0 Å². The second kappa shape index (κ2) is 8.29. The van der Waals surface area contributed by atoms with Crippen molar-refractivity contribution in [2.45, 2.75) is 17.9 Å². The maximum atomic E-state index is 12.3. The number of aromatic nitrogens is 1. The monoisotopic (exact) mass is 413 g/mol. The molecule has 0 saturated heterocycles. The van der Waals surface area contributed by atoms with Gasteiger partial charge in [0, 0.05) is 23.8 Å². The molecule has 1 amide bonds. The van der Waals surface area contributed by atoms with Crippen LogP contribution in [0, 0.1) is 0 Å².